The van der Waals surface area contributed by atoms with Crippen LogP contribution in [0.15, 0.2) is 42.5 Å². The third-order valence-electron chi connectivity index (χ3n) is 4.13. The number of anilines is 1. The molecule has 0 atom stereocenters. The number of hydrogen-bond donors (Lipinski definition) is 1. The fourth-order valence-corrected chi connectivity index (χ4v) is 3.56. The largest absolute Gasteiger partial charge is 0.484 e. The fraction of sp³-hybridized carbons (Fsp3) is 0.318. The average Bonchev–Trinajstić information content (AvgIpc) is 3.07. The molecule has 7 heteroatoms. The molecule has 0 aliphatic carbocycles. The second-order valence-corrected chi connectivity index (χ2v) is 8.25. The van der Waals surface area contributed by atoms with Crippen molar-refractivity contribution in [1.82, 2.24) is 4.98 Å². The summed E-state index contributed by atoms with van der Waals surface area (Å²) in [5.74, 6) is 0.412. The molecule has 6 nitrogen and oxygen atoms in total. The van der Waals surface area contributed by atoms with Crippen molar-refractivity contribution >= 4 is 38.6 Å². The Bertz CT molecular complexity index is 1010. The third kappa shape index (κ3) is 5.54. The molecule has 2 aromatic carbocycles. The number of ether oxygens (including phenoxy) is 2. The van der Waals surface area contributed by atoms with Gasteiger partial charge in [-0.15, -0.1) is 0 Å². The summed E-state index contributed by atoms with van der Waals surface area (Å²) in [5.41, 5.74) is 2.38. The smallest absolute Gasteiger partial charge is 0.338 e. The number of aromatic nitrogens is 1. The number of carbonyl (C=O) groups is 2. The Balaban J connectivity index is 1.60. The average molecular weight is 413 g/mol. The molecule has 1 amide bonds. The minimum Gasteiger partial charge on any atom is -0.484 e. The van der Waals surface area contributed by atoms with E-state index >= 15 is 0 Å². The van der Waals surface area contributed by atoms with Crippen LogP contribution in [-0.2, 0) is 9.53 Å². The number of benzene rings is 2. The Hall–Kier alpha value is -2.93. The van der Waals surface area contributed by atoms with Crippen LogP contribution in [0.1, 0.15) is 49.5 Å². The molecule has 1 heterocycles. The van der Waals surface area contributed by atoms with Gasteiger partial charge in [-0.05, 0) is 55.7 Å². The minimum atomic E-state index is -0.377. The van der Waals surface area contributed by atoms with Crippen molar-refractivity contribution < 1.29 is 19.1 Å². The Morgan fingerprint density at radius 2 is 1.79 bits per heavy atom. The van der Waals surface area contributed by atoms with Crippen molar-refractivity contribution in [2.45, 2.75) is 39.7 Å². The van der Waals surface area contributed by atoms with E-state index in [-0.39, 0.29) is 24.6 Å². The molecule has 1 aromatic heterocycles. The van der Waals surface area contributed by atoms with E-state index in [9.17, 15) is 9.59 Å². The van der Waals surface area contributed by atoms with E-state index in [0.29, 0.717) is 27.9 Å². The Kier molecular flexibility index (Phi) is 6.49. The molecule has 1 N–H and O–H groups in total. The first kappa shape index (κ1) is 20.8. The highest BCUT2D eigenvalue weighted by molar-refractivity contribution is 7.22. The Morgan fingerprint density at radius 1 is 1.07 bits per heavy atom. The molecule has 0 saturated heterocycles. The Morgan fingerprint density at radius 3 is 2.45 bits per heavy atom. The summed E-state index contributed by atoms with van der Waals surface area (Å²) in [7, 11) is 0. The lowest BCUT2D eigenvalue weighted by Gasteiger charge is -2.08. The third-order valence-corrected chi connectivity index (χ3v) is 5.06. The highest BCUT2D eigenvalue weighted by Crippen LogP contribution is 2.27. The van der Waals surface area contributed by atoms with Crippen LogP contribution >= 0.6 is 11.3 Å². The van der Waals surface area contributed by atoms with Crippen LogP contribution in [0.3, 0.4) is 0 Å². The van der Waals surface area contributed by atoms with Gasteiger partial charge in [-0.1, -0.05) is 37.3 Å². The predicted molar refractivity (Wildman–Crippen MR) is 115 cm³/mol. The number of hydrogen-bond acceptors (Lipinski definition) is 6. The van der Waals surface area contributed by atoms with Crippen LogP contribution in [0.25, 0.3) is 10.2 Å². The summed E-state index contributed by atoms with van der Waals surface area (Å²) in [6.45, 7) is 7.74. The van der Waals surface area contributed by atoms with E-state index in [1.807, 2.05) is 24.3 Å². The molecule has 0 bridgehead atoms. The van der Waals surface area contributed by atoms with Crippen LogP contribution in [0.4, 0.5) is 5.13 Å². The molecule has 0 fully saturated rings. The summed E-state index contributed by atoms with van der Waals surface area (Å²) in [6.07, 6.45) is -0.184. The standard InChI is InChI=1S/C22H24N2O4S/c1-13(2)15-5-8-17(9-6-15)27-12-20(25)24-22-23-18-10-7-16(11-19(18)29-22)21(26)28-14(3)4/h5-11,13-14H,12H2,1-4H3,(H,23,24,25). The van der Waals surface area contributed by atoms with Crippen molar-refractivity contribution in [3.05, 3.63) is 53.6 Å². The van der Waals surface area contributed by atoms with Crippen LogP contribution in [-0.4, -0.2) is 29.6 Å². The van der Waals surface area contributed by atoms with Gasteiger partial charge >= 0.3 is 5.97 Å². The molecule has 0 saturated carbocycles. The molecule has 0 unspecified atom stereocenters. The second-order valence-electron chi connectivity index (χ2n) is 7.22. The van der Waals surface area contributed by atoms with Gasteiger partial charge in [0.15, 0.2) is 11.7 Å². The van der Waals surface area contributed by atoms with Gasteiger partial charge in [0.05, 0.1) is 21.9 Å². The maximum atomic E-state index is 12.2. The summed E-state index contributed by atoms with van der Waals surface area (Å²) < 4.78 is 11.5. The van der Waals surface area contributed by atoms with E-state index in [0.717, 1.165) is 4.70 Å². The van der Waals surface area contributed by atoms with Crippen molar-refractivity contribution in [3.63, 3.8) is 0 Å². The SMILES string of the molecule is CC(C)OC(=O)c1ccc2nc(NC(=O)COc3ccc(C(C)C)cc3)sc2c1. The van der Waals surface area contributed by atoms with E-state index in [1.165, 1.54) is 16.9 Å². The molecule has 3 aromatic rings. The lowest BCUT2D eigenvalue weighted by molar-refractivity contribution is -0.118. The van der Waals surface area contributed by atoms with Gasteiger partial charge < -0.3 is 9.47 Å². The van der Waals surface area contributed by atoms with Crippen molar-refractivity contribution in [1.29, 1.82) is 0 Å². The normalized spacial score (nSPS) is 11.1. The maximum Gasteiger partial charge on any atom is 0.338 e. The zero-order valence-electron chi connectivity index (χ0n) is 16.9. The van der Waals surface area contributed by atoms with Gasteiger partial charge in [0.2, 0.25) is 0 Å². The summed E-state index contributed by atoms with van der Waals surface area (Å²) >= 11 is 1.30. The quantitative estimate of drug-likeness (QED) is 0.553. The van der Waals surface area contributed by atoms with E-state index in [4.69, 9.17) is 9.47 Å². The first-order chi connectivity index (χ1) is 13.8. The zero-order chi connectivity index (χ0) is 21.0. The number of nitrogens with zero attached hydrogens (tertiary/aromatic N) is 1. The number of esters is 1. The lowest BCUT2D eigenvalue weighted by atomic mass is 10.0. The zero-order valence-corrected chi connectivity index (χ0v) is 17.7. The molecular weight excluding hydrogens is 388 g/mol. The number of carbonyl (C=O) groups excluding carboxylic acids is 2. The minimum absolute atomic E-state index is 0.108. The molecule has 3 rings (SSSR count). The molecule has 152 valence electrons. The number of fused-ring (bicyclic) bond motifs is 1. The van der Waals surface area contributed by atoms with Gasteiger partial charge in [-0.2, -0.15) is 0 Å². The molecule has 0 spiro atoms. The number of rotatable bonds is 7. The highest BCUT2D eigenvalue weighted by atomic mass is 32.1. The lowest BCUT2D eigenvalue weighted by Crippen LogP contribution is -2.20. The van der Waals surface area contributed by atoms with Crippen molar-refractivity contribution in [2.75, 3.05) is 11.9 Å². The highest BCUT2D eigenvalue weighted by Gasteiger charge is 2.13. The summed E-state index contributed by atoms with van der Waals surface area (Å²) in [5, 5.41) is 3.20. The molecular formula is C22H24N2O4S. The molecule has 29 heavy (non-hydrogen) atoms. The van der Waals surface area contributed by atoms with Crippen LogP contribution in [0.5, 0.6) is 5.75 Å². The van der Waals surface area contributed by atoms with Crippen LogP contribution < -0.4 is 10.1 Å². The topological polar surface area (TPSA) is 77.5 Å². The van der Waals surface area contributed by atoms with Gasteiger partial charge in [0.1, 0.15) is 5.75 Å². The van der Waals surface area contributed by atoms with Gasteiger partial charge in [-0.25, -0.2) is 9.78 Å². The first-order valence-corrected chi connectivity index (χ1v) is 10.3. The number of nitrogens with one attached hydrogen (secondary N) is 1. The van der Waals surface area contributed by atoms with Gasteiger partial charge in [0, 0.05) is 0 Å². The number of thiazole rings is 1. The van der Waals surface area contributed by atoms with Crippen molar-refractivity contribution in [3.8, 4) is 5.75 Å². The van der Waals surface area contributed by atoms with Gasteiger partial charge in [-0.3, -0.25) is 10.1 Å². The fourth-order valence-electron chi connectivity index (χ4n) is 2.64. The predicted octanol–water partition coefficient (Wildman–Crippen LogP) is 5.00. The molecule has 0 radical (unpaired) electrons. The maximum absolute atomic E-state index is 12.2. The van der Waals surface area contributed by atoms with Gasteiger partial charge in [0.25, 0.3) is 5.91 Å². The monoisotopic (exact) mass is 412 g/mol. The van der Waals surface area contributed by atoms with E-state index in [2.05, 4.69) is 24.1 Å². The second kappa shape index (κ2) is 9.05. The van der Waals surface area contributed by atoms with E-state index in [1.54, 1.807) is 32.0 Å². The van der Waals surface area contributed by atoms with E-state index < -0.39 is 0 Å². The van der Waals surface area contributed by atoms with Crippen LogP contribution in [0.2, 0.25) is 0 Å². The summed E-state index contributed by atoms with van der Waals surface area (Å²) in [6, 6.07) is 12.8. The number of amides is 1. The Labute approximate surface area is 173 Å². The first-order valence-electron chi connectivity index (χ1n) is 9.46. The summed E-state index contributed by atoms with van der Waals surface area (Å²) in [4.78, 5) is 28.6. The molecule has 0 aliphatic heterocycles. The van der Waals surface area contributed by atoms with Crippen molar-refractivity contribution in [2.24, 2.45) is 0 Å². The molecule has 0 aliphatic rings. The van der Waals surface area contributed by atoms with Crippen LogP contribution in [0, 0.1) is 0 Å².